The molecule has 0 bridgehead atoms. The maximum absolute atomic E-state index is 13.0. The molecule has 4 heterocycles. The van der Waals surface area contributed by atoms with Gasteiger partial charge in [0.1, 0.15) is 12.4 Å². The van der Waals surface area contributed by atoms with Gasteiger partial charge in [-0.2, -0.15) is 5.10 Å². The van der Waals surface area contributed by atoms with Crippen LogP contribution in [0.2, 0.25) is 0 Å². The number of amides is 1. The molecule has 0 aliphatic carbocycles. The second kappa shape index (κ2) is 7.46. The van der Waals surface area contributed by atoms with Crippen molar-refractivity contribution in [1.29, 1.82) is 0 Å². The maximum atomic E-state index is 13.0. The van der Waals surface area contributed by atoms with Gasteiger partial charge in [-0.1, -0.05) is 6.07 Å². The number of carbonyl (C=O) groups is 1. The molecule has 8 heteroatoms. The zero-order valence-corrected chi connectivity index (χ0v) is 15.7. The molecule has 1 aromatic carbocycles. The number of fused-ring (bicyclic) bond motifs is 1. The molecule has 1 fully saturated rings. The second-order valence-electron chi connectivity index (χ2n) is 6.99. The van der Waals surface area contributed by atoms with Crippen LogP contribution in [0.25, 0.3) is 0 Å². The van der Waals surface area contributed by atoms with Crippen molar-refractivity contribution in [2.75, 3.05) is 13.3 Å². The molecule has 2 aromatic heterocycles. The van der Waals surface area contributed by atoms with Gasteiger partial charge in [-0.3, -0.25) is 14.9 Å². The normalized spacial score (nSPS) is 17.5. The van der Waals surface area contributed by atoms with Crippen molar-refractivity contribution in [2.45, 2.75) is 25.5 Å². The summed E-state index contributed by atoms with van der Waals surface area (Å²) in [5.74, 6) is 1.94. The molecule has 8 nitrogen and oxygen atoms in total. The Morgan fingerprint density at radius 1 is 1.21 bits per heavy atom. The predicted octanol–water partition coefficient (Wildman–Crippen LogP) is 3.09. The second-order valence-corrected chi connectivity index (χ2v) is 6.99. The molecule has 3 aromatic rings. The zero-order valence-electron chi connectivity index (χ0n) is 15.7. The summed E-state index contributed by atoms with van der Waals surface area (Å²) in [4.78, 5) is 19.3. The van der Waals surface area contributed by atoms with Crippen LogP contribution < -0.4 is 14.2 Å². The van der Waals surface area contributed by atoms with Gasteiger partial charge in [-0.05, 0) is 43.2 Å². The Bertz CT molecular complexity index is 1020. The largest absolute Gasteiger partial charge is 0.487 e. The first-order chi connectivity index (χ1) is 14.3. The van der Waals surface area contributed by atoms with Gasteiger partial charge in [0, 0.05) is 18.8 Å². The highest BCUT2D eigenvalue weighted by Crippen LogP contribution is 2.35. The molecule has 5 rings (SSSR count). The highest BCUT2D eigenvalue weighted by Gasteiger charge is 2.32. The standard InChI is InChI=1S/C21H20N4O4/c26-21(25-9-3-5-18(25)16-4-1-2-8-22-16)17-10-14(23-24-17)12-27-15-6-7-19-20(11-15)29-13-28-19/h1-2,4,6-8,10-11,18H,3,5,9,12-13H2,(H,23,24)/t18-/m0/s1. The van der Waals surface area contributed by atoms with Crippen LogP contribution in [0.5, 0.6) is 17.2 Å². The summed E-state index contributed by atoms with van der Waals surface area (Å²) in [6, 6.07) is 12.9. The summed E-state index contributed by atoms with van der Waals surface area (Å²) in [5.41, 5.74) is 2.02. The third-order valence-electron chi connectivity index (χ3n) is 5.13. The minimum absolute atomic E-state index is 0.00580. The van der Waals surface area contributed by atoms with E-state index in [1.54, 1.807) is 18.3 Å². The Hall–Kier alpha value is -3.55. The van der Waals surface area contributed by atoms with Crippen molar-refractivity contribution in [3.05, 3.63) is 65.7 Å². The van der Waals surface area contributed by atoms with E-state index in [0.717, 1.165) is 24.2 Å². The Labute approximate surface area is 167 Å². The molecule has 1 amide bonds. The fraction of sp³-hybridized carbons (Fsp3) is 0.286. The van der Waals surface area contributed by atoms with Crippen molar-refractivity contribution >= 4 is 5.91 Å². The highest BCUT2D eigenvalue weighted by molar-refractivity contribution is 5.92. The number of hydrogen-bond donors (Lipinski definition) is 1. The predicted molar refractivity (Wildman–Crippen MR) is 103 cm³/mol. The summed E-state index contributed by atoms with van der Waals surface area (Å²) < 4.78 is 16.4. The number of likely N-dealkylation sites (tertiary alicyclic amines) is 1. The van der Waals surface area contributed by atoms with Crippen LogP contribution in [0, 0.1) is 0 Å². The number of carbonyl (C=O) groups excluding carboxylic acids is 1. The van der Waals surface area contributed by atoms with Gasteiger partial charge in [0.2, 0.25) is 6.79 Å². The first-order valence-corrected chi connectivity index (χ1v) is 9.56. The molecule has 1 N–H and O–H groups in total. The highest BCUT2D eigenvalue weighted by atomic mass is 16.7. The summed E-state index contributed by atoms with van der Waals surface area (Å²) >= 11 is 0. The molecule has 29 heavy (non-hydrogen) atoms. The van der Waals surface area contributed by atoms with E-state index < -0.39 is 0 Å². The lowest BCUT2D eigenvalue weighted by Crippen LogP contribution is -2.31. The van der Waals surface area contributed by atoms with E-state index in [9.17, 15) is 4.79 Å². The van der Waals surface area contributed by atoms with E-state index in [4.69, 9.17) is 14.2 Å². The van der Waals surface area contributed by atoms with E-state index in [0.29, 0.717) is 29.5 Å². The topological polar surface area (TPSA) is 89.6 Å². The van der Waals surface area contributed by atoms with Gasteiger partial charge in [0.05, 0.1) is 17.4 Å². The summed E-state index contributed by atoms with van der Waals surface area (Å²) in [6.07, 6.45) is 3.63. The van der Waals surface area contributed by atoms with Gasteiger partial charge >= 0.3 is 0 Å². The van der Waals surface area contributed by atoms with E-state index >= 15 is 0 Å². The molecule has 0 unspecified atom stereocenters. The SMILES string of the molecule is O=C(c1cc(COc2ccc3c(c2)OCO3)[nH]n1)N1CCC[C@H]1c1ccccn1. The van der Waals surface area contributed by atoms with Crippen molar-refractivity contribution < 1.29 is 19.0 Å². The van der Waals surface area contributed by atoms with Crippen LogP contribution in [0.3, 0.4) is 0 Å². The lowest BCUT2D eigenvalue weighted by atomic mass is 10.1. The Kier molecular flexibility index (Phi) is 4.51. The average Bonchev–Trinajstić information content (AvgIpc) is 3.52. The van der Waals surface area contributed by atoms with Crippen LogP contribution in [0.4, 0.5) is 0 Å². The van der Waals surface area contributed by atoms with Crippen molar-refractivity contribution in [1.82, 2.24) is 20.1 Å². The minimum atomic E-state index is -0.0938. The number of H-pyrrole nitrogens is 1. The quantitative estimate of drug-likeness (QED) is 0.718. The number of pyridine rings is 1. The molecule has 148 valence electrons. The molecular weight excluding hydrogens is 372 g/mol. The number of ether oxygens (including phenoxy) is 3. The third-order valence-corrected chi connectivity index (χ3v) is 5.13. The molecule has 0 radical (unpaired) electrons. The van der Waals surface area contributed by atoms with Crippen molar-refractivity contribution in [3.63, 3.8) is 0 Å². The van der Waals surface area contributed by atoms with Crippen LogP contribution in [-0.2, 0) is 6.61 Å². The molecule has 0 saturated carbocycles. The van der Waals surface area contributed by atoms with E-state index in [1.165, 1.54) is 0 Å². The fourth-order valence-corrected chi connectivity index (χ4v) is 3.71. The lowest BCUT2D eigenvalue weighted by molar-refractivity contribution is 0.0727. The number of hydrogen-bond acceptors (Lipinski definition) is 6. The minimum Gasteiger partial charge on any atom is -0.487 e. The van der Waals surface area contributed by atoms with Gasteiger partial charge in [-0.15, -0.1) is 0 Å². The van der Waals surface area contributed by atoms with Gasteiger partial charge in [0.15, 0.2) is 17.2 Å². The number of aromatic amines is 1. The van der Waals surface area contributed by atoms with Crippen LogP contribution in [0.15, 0.2) is 48.7 Å². The van der Waals surface area contributed by atoms with Crippen LogP contribution in [-0.4, -0.2) is 39.3 Å². The van der Waals surface area contributed by atoms with Crippen molar-refractivity contribution in [2.24, 2.45) is 0 Å². The molecule has 2 aliphatic heterocycles. The number of benzene rings is 1. The molecule has 2 aliphatic rings. The smallest absolute Gasteiger partial charge is 0.274 e. The number of nitrogens with one attached hydrogen (secondary N) is 1. The Morgan fingerprint density at radius 3 is 3.03 bits per heavy atom. The molecule has 0 spiro atoms. The summed E-state index contributed by atoms with van der Waals surface area (Å²) in [7, 11) is 0. The number of rotatable bonds is 5. The molecule has 1 atom stereocenters. The molecular formula is C21H20N4O4. The zero-order chi connectivity index (χ0) is 19.6. The number of aromatic nitrogens is 3. The summed E-state index contributed by atoms with van der Waals surface area (Å²) in [5, 5.41) is 7.09. The van der Waals surface area contributed by atoms with Crippen LogP contribution in [0.1, 0.15) is 40.8 Å². The van der Waals surface area contributed by atoms with Crippen LogP contribution >= 0.6 is 0 Å². The fourth-order valence-electron chi connectivity index (χ4n) is 3.71. The van der Waals surface area contributed by atoms with E-state index in [-0.39, 0.29) is 25.3 Å². The van der Waals surface area contributed by atoms with Crippen molar-refractivity contribution in [3.8, 4) is 17.2 Å². The lowest BCUT2D eigenvalue weighted by Gasteiger charge is -2.23. The molecule has 1 saturated heterocycles. The van der Waals surface area contributed by atoms with E-state index in [2.05, 4.69) is 15.2 Å². The van der Waals surface area contributed by atoms with E-state index in [1.807, 2.05) is 35.2 Å². The average molecular weight is 392 g/mol. The van der Waals surface area contributed by atoms with Gasteiger partial charge < -0.3 is 19.1 Å². The maximum Gasteiger partial charge on any atom is 0.274 e. The number of nitrogens with zero attached hydrogens (tertiary/aromatic N) is 3. The Morgan fingerprint density at radius 2 is 2.14 bits per heavy atom. The summed E-state index contributed by atoms with van der Waals surface area (Å²) in [6.45, 7) is 1.19. The Balaban J connectivity index is 1.25. The van der Waals surface area contributed by atoms with Gasteiger partial charge in [0.25, 0.3) is 5.91 Å². The monoisotopic (exact) mass is 392 g/mol. The third kappa shape index (κ3) is 3.49. The first-order valence-electron chi connectivity index (χ1n) is 9.56. The first kappa shape index (κ1) is 17.5. The van der Waals surface area contributed by atoms with Gasteiger partial charge in [-0.25, -0.2) is 0 Å².